The SMILES string of the molecule is [CH2]C(C)(C)CC(=O)N(C)C. The zero-order valence-electron chi connectivity index (χ0n) is 7.27. The van der Waals surface area contributed by atoms with Crippen molar-refractivity contribution in [2.24, 2.45) is 5.41 Å². The molecule has 2 heteroatoms. The highest BCUT2D eigenvalue weighted by atomic mass is 16.2. The Balaban J connectivity index is 3.81. The Bertz CT molecular complexity index is 122. The molecule has 0 aliphatic carbocycles. The molecular weight excluding hydrogens is 126 g/mol. The van der Waals surface area contributed by atoms with Crippen LogP contribution < -0.4 is 0 Å². The van der Waals surface area contributed by atoms with E-state index in [0.717, 1.165) is 0 Å². The topological polar surface area (TPSA) is 20.3 Å². The average Bonchev–Trinajstić information content (AvgIpc) is 1.60. The Morgan fingerprint density at radius 3 is 2.00 bits per heavy atom. The lowest BCUT2D eigenvalue weighted by atomic mass is 9.92. The van der Waals surface area contributed by atoms with Crippen LogP contribution >= 0.6 is 0 Å². The standard InChI is InChI=1S/C8H16NO/c1-8(2,3)6-7(10)9(4)5/h1,6H2,2-5H3. The number of amides is 1. The van der Waals surface area contributed by atoms with Crippen LogP contribution in [0.25, 0.3) is 0 Å². The van der Waals surface area contributed by atoms with Gasteiger partial charge < -0.3 is 4.90 Å². The minimum Gasteiger partial charge on any atom is -0.349 e. The van der Waals surface area contributed by atoms with Gasteiger partial charge in [-0.2, -0.15) is 0 Å². The molecule has 2 nitrogen and oxygen atoms in total. The van der Waals surface area contributed by atoms with Gasteiger partial charge in [0.05, 0.1) is 0 Å². The van der Waals surface area contributed by atoms with Gasteiger partial charge >= 0.3 is 0 Å². The molecule has 0 N–H and O–H groups in total. The lowest BCUT2D eigenvalue weighted by molar-refractivity contribution is -0.130. The van der Waals surface area contributed by atoms with E-state index in [0.29, 0.717) is 6.42 Å². The molecule has 59 valence electrons. The summed E-state index contributed by atoms with van der Waals surface area (Å²) in [5.41, 5.74) is -0.138. The normalized spacial score (nSPS) is 11.3. The molecule has 0 saturated heterocycles. The highest BCUT2D eigenvalue weighted by Crippen LogP contribution is 2.18. The fourth-order valence-electron chi connectivity index (χ4n) is 0.567. The molecule has 1 radical (unpaired) electrons. The van der Waals surface area contributed by atoms with E-state index >= 15 is 0 Å². The molecule has 0 saturated carbocycles. The predicted octanol–water partition coefficient (Wildman–Crippen LogP) is 1.32. The van der Waals surface area contributed by atoms with E-state index in [1.807, 2.05) is 13.8 Å². The van der Waals surface area contributed by atoms with Crippen molar-refractivity contribution in [3.63, 3.8) is 0 Å². The first-order chi connectivity index (χ1) is 4.33. The van der Waals surface area contributed by atoms with Gasteiger partial charge in [0.15, 0.2) is 0 Å². The molecule has 0 heterocycles. The minimum atomic E-state index is -0.138. The van der Waals surface area contributed by atoms with Crippen LogP contribution in [0, 0.1) is 12.3 Å². The summed E-state index contributed by atoms with van der Waals surface area (Å²) in [6.07, 6.45) is 0.514. The number of carbonyl (C=O) groups excluding carboxylic acids is 1. The van der Waals surface area contributed by atoms with E-state index in [-0.39, 0.29) is 11.3 Å². The maximum Gasteiger partial charge on any atom is 0.222 e. The molecule has 0 aromatic carbocycles. The van der Waals surface area contributed by atoms with E-state index in [1.54, 1.807) is 19.0 Å². The fraction of sp³-hybridized carbons (Fsp3) is 0.750. The lowest BCUT2D eigenvalue weighted by Gasteiger charge is -2.19. The molecule has 0 unspecified atom stereocenters. The Kier molecular flexibility index (Phi) is 2.88. The van der Waals surface area contributed by atoms with Crippen molar-refractivity contribution in [3.05, 3.63) is 6.92 Å². The first-order valence-electron chi connectivity index (χ1n) is 3.38. The maximum atomic E-state index is 11.0. The van der Waals surface area contributed by atoms with Crippen LogP contribution in [0.4, 0.5) is 0 Å². The van der Waals surface area contributed by atoms with E-state index in [2.05, 4.69) is 6.92 Å². The van der Waals surface area contributed by atoms with Crippen molar-refractivity contribution in [2.75, 3.05) is 14.1 Å². The quantitative estimate of drug-likeness (QED) is 0.569. The summed E-state index contributed by atoms with van der Waals surface area (Å²) in [5, 5.41) is 0. The zero-order chi connectivity index (χ0) is 8.36. The summed E-state index contributed by atoms with van der Waals surface area (Å²) >= 11 is 0. The average molecular weight is 142 g/mol. The highest BCUT2D eigenvalue weighted by Gasteiger charge is 2.16. The van der Waals surface area contributed by atoms with Crippen LogP contribution in [-0.4, -0.2) is 24.9 Å². The number of rotatable bonds is 2. The third kappa shape index (κ3) is 4.36. The molecule has 0 spiro atoms. The van der Waals surface area contributed by atoms with E-state index in [4.69, 9.17) is 0 Å². The van der Waals surface area contributed by atoms with Crippen molar-refractivity contribution in [2.45, 2.75) is 20.3 Å². The molecule has 0 aliphatic heterocycles. The molecule has 0 fully saturated rings. The summed E-state index contributed by atoms with van der Waals surface area (Å²) in [7, 11) is 3.52. The van der Waals surface area contributed by atoms with E-state index in [1.165, 1.54) is 0 Å². The molecule has 0 aromatic rings. The smallest absolute Gasteiger partial charge is 0.222 e. The lowest BCUT2D eigenvalue weighted by Crippen LogP contribution is -2.26. The predicted molar refractivity (Wildman–Crippen MR) is 42.4 cm³/mol. The van der Waals surface area contributed by atoms with Gasteiger partial charge in [0.2, 0.25) is 5.91 Å². The molecule has 0 aromatic heterocycles. The first-order valence-corrected chi connectivity index (χ1v) is 3.38. The number of hydrogen-bond acceptors (Lipinski definition) is 1. The van der Waals surface area contributed by atoms with Gasteiger partial charge in [-0.15, -0.1) is 0 Å². The Morgan fingerprint density at radius 2 is 1.90 bits per heavy atom. The summed E-state index contributed by atoms with van der Waals surface area (Å²) < 4.78 is 0. The summed E-state index contributed by atoms with van der Waals surface area (Å²) in [6, 6.07) is 0. The Hall–Kier alpha value is -0.530. The summed E-state index contributed by atoms with van der Waals surface area (Å²) in [4.78, 5) is 12.6. The molecular formula is C8H16NO. The maximum absolute atomic E-state index is 11.0. The van der Waals surface area contributed by atoms with Gasteiger partial charge in [0.1, 0.15) is 0 Å². The van der Waals surface area contributed by atoms with Gasteiger partial charge in [-0.25, -0.2) is 0 Å². The van der Waals surface area contributed by atoms with Gasteiger partial charge in [0, 0.05) is 20.5 Å². The number of carbonyl (C=O) groups is 1. The molecule has 0 atom stereocenters. The second kappa shape index (κ2) is 3.04. The van der Waals surface area contributed by atoms with Gasteiger partial charge in [0.25, 0.3) is 0 Å². The largest absolute Gasteiger partial charge is 0.349 e. The monoisotopic (exact) mass is 142 g/mol. The second-order valence-electron chi connectivity index (χ2n) is 3.63. The molecule has 0 bridgehead atoms. The van der Waals surface area contributed by atoms with Crippen LogP contribution in [0.5, 0.6) is 0 Å². The van der Waals surface area contributed by atoms with Crippen molar-refractivity contribution < 1.29 is 4.79 Å². The van der Waals surface area contributed by atoms with Crippen LogP contribution in [0.1, 0.15) is 20.3 Å². The second-order valence-corrected chi connectivity index (χ2v) is 3.63. The molecule has 0 aliphatic rings. The van der Waals surface area contributed by atoms with Crippen molar-refractivity contribution in [1.29, 1.82) is 0 Å². The highest BCUT2D eigenvalue weighted by molar-refractivity contribution is 5.76. The number of hydrogen-bond donors (Lipinski definition) is 0. The molecule has 10 heavy (non-hydrogen) atoms. The summed E-state index contributed by atoms with van der Waals surface area (Å²) in [5.74, 6) is 0.139. The van der Waals surface area contributed by atoms with E-state index < -0.39 is 0 Å². The van der Waals surface area contributed by atoms with Crippen molar-refractivity contribution >= 4 is 5.91 Å². The van der Waals surface area contributed by atoms with Crippen molar-refractivity contribution in [3.8, 4) is 0 Å². The van der Waals surface area contributed by atoms with Gasteiger partial charge in [-0.3, -0.25) is 4.79 Å². The molecule has 0 rings (SSSR count). The van der Waals surface area contributed by atoms with Gasteiger partial charge in [-0.1, -0.05) is 13.8 Å². The molecule has 1 amide bonds. The van der Waals surface area contributed by atoms with Crippen LogP contribution in [0.2, 0.25) is 0 Å². The van der Waals surface area contributed by atoms with E-state index in [9.17, 15) is 4.79 Å². The number of nitrogens with zero attached hydrogens (tertiary/aromatic N) is 1. The van der Waals surface area contributed by atoms with Crippen molar-refractivity contribution in [1.82, 2.24) is 4.90 Å². The Labute approximate surface area is 63.2 Å². The zero-order valence-corrected chi connectivity index (χ0v) is 7.27. The summed E-state index contributed by atoms with van der Waals surface area (Å²) in [6.45, 7) is 7.75. The fourth-order valence-corrected chi connectivity index (χ4v) is 0.567. The third-order valence-corrected chi connectivity index (χ3v) is 1.13. The van der Waals surface area contributed by atoms with Crippen LogP contribution in [-0.2, 0) is 4.79 Å². The third-order valence-electron chi connectivity index (χ3n) is 1.13. The van der Waals surface area contributed by atoms with Gasteiger partial charge in [-0.05, 0) is 12.3 Å². The first kappa shape index (κ1) is 9.47. The minimum absolute atomic E-state index is 0.138. The Morgan fingerprint density at radius 1 is 1.50 bits per heavy atom. The van der Waals surface area contributed by atoms with Crippen LogP contribution in [0.3, 0.4) is 0 Å². The van der Waals surface area contributed by atoms with Crippen LogP contribution in [0.15, 0.2) is 0 Å².